The molecule has 1 heterocycles. The van der Waals surface area contributed by atoms with Gasteiger partial charge in [-0.25, -0.2) is 4.79 Å². The number of hydrogen-bond donors (Lipinski definition) is 0. The molecule has 4 nitrogen and oxygen atoms in total. The van der Waals surface area contributed by atoms with Crippen molar-refractivity contribution >= 4 is 5.97 Å². The summed E-state index contributed by atoms with van der Waals surface area (Å²) in [6.45, 7) is 1.51. The topological polar surface area (TPSA) is 52.3 Å². The lowest BCUT2D eigenvalue weighted by atomic mass is 10.1. The second-order valence-corrected chi connectivity index (χ2v) is 5.23. The van der Waals surface area contributed by atoms with Gasteiger partial charge in [0, 0.05) is 0 Å². The maximum absolute atomic E-state index is 13.0. The molecule has 0 aliphatic heterocycles. The van der Waals surface area contributed by atoms with Crippen LogP contribution in [0.1, 0.15) is 45.9 Å². The molecule has 1 fully saturated rings. The summed E-state index contributed by atoms with van der Waals surface area (Å²) in [5.74, 6) is -1.16. The zero-order chi connectivity index (χ0) is 15.9. The van der Waals surface area contributed by atoms with Crippen molar-refractivity contribution in [1.82, 2.24) is 5.16 Å². The van der Waals surface area contributed by atoms with Gasteiger partial charge in [-0.15, -0.1) is 0 Å². The lowest BCUT2D eigenvalue weighted by Crippen LogP contribution is -2.14. The largest absolute Gasteiger partial charge is 0.422 e. The van der Waals surface area contributed by atoms with E-state index >= 15 is 0 Å². The van der Waals surface area contributed by atoms with Crippen LogP contribution in [0.15, 0.2) is 29.0 Å². The van der Waals surface area contributed by atoms with Crippen molar-refractivity contribution < 1.29 is 27.2 Å². The molecule has 0 N–H and O–H groups in total. The minimum Gasteiger partial charge on any atom is -0.422 e. The van der Waals surface area contributed by atoms with Crippen LogP contribution in [0.3, 0.4) is 0 Å². The van der Waals surface area contributed by atoms with Crippen LogP contribution in [0, 0.1) is 6.92 Å². The first kappa shape index (κ1) is 14.6. The van der Waals surface area contributed by atoms with Crippen LogP contribution in [0.5, 0.6) is 5.75 Å². The van der Waals surface area contributed by atoms with Gasteiger partial charge < -0.3 is 9.26 Å². The molecule has 1 saturated carbocycles. The average Bonchev–Trinajstić information content (AvgIpc) is 3.19. The predicted molar refractivity (Wildman–Crippen MR) is 69.6 cm³/mol. The first-order chi connectivity index (χ1) is 10.4. The minimum absolute atomic E-state index is 0.00458. The Morgan fingerprint density at radius 1 is 1.36 bits per heavy atom. The fraction of sp³-hybridized carbons (Fsp3) is 0.333. The fourth-order valence-electron chi connectivity index (χ4n) is 2.17. The highest BCUT2D eigenvalue weighted by molar-refractivity contribution is 5.91. The van der Waals surface area contributed by atoms with Crippen LogP contribution >= 0.6 is 0 Å². The fourth-order valence-corrected chi connectivity index (χ4v) is 2.17. The second kappa shape index (κ2) is 5.15. The third kappa shape index (κ3) is 2.84. The SMILES string of the molecule is Cc1nocc1C(=O)Oc1cc(C2CC2)ccc1C(F)(F)F. The lowest BCUT2D eigenvalue weighted by molar-refractivity contribution is -0.138. The van der Waals surface area contributed by atoms with Gasteiger partial charge in [-0.1, -0.05) is 11.2 Å². The Morgan fingerprint density at radius 2 is 2.09 bits per heavy atom. The molecule has 0 spiro atoms. The Balaban J connectivity index is 1.95. The number of benzene rings is 1. The van der Waals surface area contributed by atoms with Crippen molar-refractivity contribution in [2.45, 2.75) is 31.9 Å². The molecule has 3 rings (SSSR count). The number of aromatic nitrogens is 1. The molecule has 1 aliphatic rings. The molecule has 0 atom stereocenters. The van der Waals surface area contributed by atoms with Gasteiger partial charge in [-0.05, 0) is 43.4 Å². The summed E-state index contributed by atoms with van der Waals surface area (Å²) >= 11 is 0. The van der Waals surface area contributed by atoms with Crippen LogP contribution < -0.4 is 4.74 Å². The van der Waals surface area contributed by atoms with E-state index in [2.05, 4.69) is 9.68 Å². The molecule has 0 bridgehead atoms. The van der Waals surface area contributed by atoms with E-state index in [4.69, 9.17) is 4.74 Å². The van der Waals surface area contributed by atoms with E-state index in [1.807, 2.05) is 0 Å². The van der Waals surface area contributed by atoms with Crippen LogP contribution in [0.2, 0.25) is 0 Å². The summed E-state index contributed by atoms with van der Waals surface area (Å²) in [7, 11) is 0. The van der Waals surface area contributed by atoms with E-state index in [1.165, 1.54) is 19.1 Å². The van der Waals surface area contributed by atoms with Gasteiger partial charge in [-0.3, -0.25) is 0 Å². The minimum atomic E-state index is -4.60. The number of esters is 1. The number of hydrogen-bond acceptors (Lipinski definition) is 4. The molecule has 0 unspecified atom stereocenters. The average molecular weight is 311 g/mol. The summed E-state index contributed by atoms with van der Waals surface area (Å²) in [6, 6.07) is 3.68. The number of aryl methyl sites for hydroxylation is 1. The van der Waals surface area contributed by atoms with Gasteiger partial charge in [0.2, 0.25) is 0 Å². The second-order valence-electron chi connectivity index (χ2n) is 5.23. The van der Waals surface area contributed by atoms with E-state index in [0.29, 0.717) is 0 Å². The Hall–Kier alpha value is -2.31. The number of nitrogens with zero attached hydrogens (tertiary/aromatic N) is 1. The molecule has 1 aromatic carbocycles. The number of halogens is 3. The monoisotopic (exact) mass is 311 g/mol. The van der Waals surface area contributed by atoms with Crippen LogP contribution in [-0.4, -0.2) is 11.1 Å². The molecule has 1 aliphatic carbocycles. The number of rotatable bonds is 3. The van der Waals surface area contributed by atoms with Crippen molar-refractivity contribution in [3.05, 3.63) is 46.8 Å². The molecule has 2 aromatic rings. The maximum Gasteiger partial charge on any atom is 0.419 e. The zero-order valence-corrected chi connectivity index (χ0v) is 11.6. The van der Waals surface area contributed by atoms with Crippen molar-refractivity contribution in [3.63, 3.8) is 0 Å². The van der Waals surface area contributed by atoms with Crippen molar-refractivity contribution in [2.24, 2.45) is 0 Å². The summed E-state index contributed by atoms with van der Waals surface area (Å²) in [6.07, 6.45) is -1.68. The molecule has 0 radical (unpaired) electrons. The van der Waals surface area contributed by atoms with E-state index in [9.17, 15) is 18.0 Å². The molecule has 0 amide bonds. The smallest absolute Gasteiger partial charge is 0.419 e. The lowest BCUT2D eigenvalue weighted by Gasteiger charge is -2.14. The molecule has 0 saturated heterocycles. The highest BCUT2D eigenvalue weighted by Crippen LogP contribution is 2.44. The van der Waals surface area contributed by atoms with Gasteiger partial charge in [0.25, 0.3) is 0 Å². The van der Waals surface area contributed by atoms with Crippen molar-refractivity contribution in [2.75, 3.05) is 0 Å². The molecular weight excluding hydrogens is 299 g/mol. The molecular formula is C15H12F3NO3. The summed E-state index contributed by atoms with van der Waals surface area (Å²) in [4.78, 5) is 12.0. The summed E-state index contributed by atoms with van der Waals surface area (Å²) in [5, 5.41) is 3.51. The van der Waals surface area contributed by atoms with Gasteiger partial charge in [-0.2, -0.15) is 13.2 Å². The summed E-state index contributed by atoms with van der Waals surface area (Å²) < 4.78 is 48.7. The first-order valence-electron chi connectivity index (χ1n) is 6.70. The highest BCUT2D eigenvalue weighted by Gasteiger charge is 2.36. The van der Waals surface area contributed by atoms with Gasteiger partial charge >= 0.3 is 12.1 Å². The number of carbonyl (C=O) groups is 1. The zero-order valence-electron chi connectivity index (χ0n) is 11.6. The quantitative estimate of drug-likeness (QED) is 0.632. The van der Waals surface area contributed by atoms with Gasteiger partial charge in [0.15, 0.2) is 0 Å². The van der Waals surface area contributed by atoms with E-state index < -0.39 is 23.5 Å². The van der Waals surface area contributed by atoms with E-state index in [-0.39, 0.29) is 17.2 Å². The molecule has 1 aromatic heterocycles. The van der Waals surface area contributed by atoms with Crippen molar-refractivity contribution in [3.8, 4) is 5.75 Å². The maximum atomic E-state index is 13.0. The first-order valence-corrected chi connectivity index (χ1v) is 6.70. The Morgan fingerprint density at radius 3 is 2.64 bits per heavy atom. The Labute approximate surface area is 123 Å². The van der Waals surface area contributed by atoms with Gasteiger partial charge in [0.1, 0.15) is 17.6 Å². The standard InChI is InChI=1S/C15H12F3NO3/c1-8-11(7-21-19-8)14(20)22-13-6-10(9-2-3-9)4-5-12(13)15(16,17)18/h4-7,9H,2-3H2,1H3. The third-order valence-electron chi connectivity index (χ3n) is 3.53. The Kier molecular flexibility index (Phi) is 3.42. The van der Waals surface area contributed by atoms with Crippen molar-refractivity contribution in [1.29, 1.82) is 0 Å². The van der Waals surface area contributed by atoms with Crippen LogP contribution in [0.25, 0.3) is 0 Å². The van der Waals surface area contributed by atoms with E-state index in [0.717, 1.165) is 30.7 Å². The number of alkyl halides is 3. The molecule has 22 heavy (non-hydrogen) atoms. The normalized spacial score (nSPS) is 14.9. The van der Waals surface area contributed by atoms with Gasteiger partial charge in [0.05, 0.1) is 11.3 Å². The summed E-state index contributed by atoms with van der Waals surface area (Å²) in [5.41, 5.74) is 0.0408. The molecule has 7 heteroatoms. The number of carbonyl (C=O) groups excluding carboxylic acids is 1. The number of ether oxygens (including phenoxy) is 1. The van der Waals surface area contributed by atoms with Crippen LogP contribution in [0.4, 0.5) is 13.2 Å². The predicted octanol–water partition coefficient (Wildman–Crippen LogP) is 4.10. The van der Waals surface area contributed by atoms with Crippen LogP contribution in [-0.2, 0) is 6.18 Å². The highest BCUT2D eigenvalue weighted by atomic mass is 19.4. The third-order valence-corrected chi connectivity index (χ3v) is 3.53. The Bertz CT molecular complexity index is 717. The van der Waals surface area contributed by atoms with E-state index in [1.54, 1.807) is 0 Å². The molecule has 116 valence electrons.